The zero-order chi connectivity index (χ0) is 18.7. The molecule has 0 bridgehead atoms. The minimum Gasteiger partial charge on any atom is -0.484 e. The largest absolute Gasteiger partial charge is 0.484 e. The maximum Gasteiger partial charge on any atom is 0.291 e. The molecule has 134 valence electrons. The number of likely N-dealkylation sites (N-methyl/N-ethyl adjacent to an activating group) is 1. The molecule has 0 aliphatic heterocycles. The first-order chi connectivity index (χ1) is 12.5. The van der Waals surface area contributed by atoms with Crippen molar-refractivity contribution in [2.45, 2.75) is 6.92 Å². The number of carbonyl (C=O) groups is 2. The third-order valence-electron chi connectivity index (χ3n) is 4.02. The Hall–Kier alpha value is -3.28. The van der Waals surface area contributed by atoms with Crippen molar-refractivity contribution in [3.8, 4) is 5.75 Å². The van der Waals surface area contributed by atoms with Gasteiger partial charge in [-0.1, -0.05) is 18.2 Å². The van der Waals surface area contributed by atoms with Crippen molar-refractivity contribution in [3.05, 3.63) is 59.9 Å². The van der Waals surface area contributed by atoms with E-state index >= 15 is 0 Å². The molecule has 0 saturated heterocycles. The van der Waals surface area contributed by atoms with Gasteiger partial charge in [-0.05, 0) is 37.3 Å². The maximum absolute atomic E-state index is 12.5. The van der Waals surface area contributed by atoms with E-state index in [4.69, 9.17) is 9.15 Å². The number of nitrogens with zero attached hydrogens (tertiary/aromatic N) is 1. The maximum atomic E-state index is 12.5. The summed E-state index contributed by atoms with van der Waals surface area (Å²) in [6.07, 6.45) is 0. The van der Waals surface area contributed by atoms with Gasteiger partial charge < -0.3 is 19.4 Å². The molecule has 3 rings (SSSR count). The van der Waals surface area contributed by atoms with Crippen LogP contribution in [0, 0.1) is 6.92 Å². The van der Waals surface area contributed by atoms with Gasteiger partial charge in [0.05, 0.1) is 0 Å². The molecule has 0 fully saturated rings. The van der Waals surface area contributed by atoms with Gasteiger partial charge in [0.1, 0.15) is 11.3 Å². The lowest BCUT2D eigenvalue weighted by atomic mass is 10.1. The van der Waals surface area contributed by atoms with Crippen LogP contribution in [0.4, 0.5) is 5.69 Å². The predicted molar refractivity (Wildman–Crippen MR) is 99.5 cm³/mol. The van der Waals surface area contributed by atoms with Crippen LogP contribution in [0.25, 0.3) is 11.0 Å². The highest BCUT2D eigenvalue weighted by molar-refractivity contribution is 6.06. The highest BCUT2D eigenvalue weighted by Gasteiger charge is 2.17. The number of fused-ring (bicyclic) bond motifs is 1. The second kappa shape index (κ2) is 7.31. The molecule has 0 spiro atoms. The quantitative estimate of drug-likeness (QED) is 0.763. The molecule has 2 amide bonds. The molecule has 1 heterocycles. The molecule has 26 heavy (non-hydrogen) atoms. The number of carbonyl (C=O) groups excluding carboxylic acids is 2. The average molecular weight is 352 g/mol. The molecule has 0 aliphatic carbocycles. The molecule has 3 aromatic rings. The summed E-state index contributed by atoms with van der Waals surface area (Å²) in [6, 6.07) is 14.4. The van der Waals surface area contributed by atoms with Gasteiger partial charge in [0.15, 0.2) is 12.4 Å². The van der Waals surface area contributed by atoms with Crippen LogP contribution in [0.15, 0.2) is 52.9 Å². The van der Waals surface area contributed by atoms with Gasteiger partial charge >= 0.3 is 0 Å². The van der Waals surface area contributed by atoms with E-state index in [0.29, 0.717) is 22.8 Å². The number of nitrogens with one attached hydrogen (secondary N) is 1. The Morgan fingerprint density at radius 2 is 1.77 bits per heavy atom. The zero-order valence-electron chi connectivity index (χ0n) is 14.9. The molecular formula is C20H20N2O4. The molecule has 1 aromatic heterocycles. The van der Waals surface area contributed by atoms with Gasteiger partial charge in [-0.15, -0.1) is 0 Å². The Morgan fingerprint density at radius 1 is 1.08 bits per heavy atom. The average Bonchev–Trinajstić information content (AvgIpc) is 2.98. The number of hydrogen-bond acceptors (Lipinski definition) is 4. The summed E-state index contributed by atoms with van der Waals surface area (Å²) >= 11 is 0. The zero-order valence-corrected chi connectivity index (χ0v) is 14.9. The van der Waals surface area contributed by atoms with Crippen molar-refractivity contribution < 1.29 is 18.7 Å². The van der Waals surface area contributed by atoms with Crippen molar-refractivity contribution in [1.29, 1.82) is 0 Å². The van der Waals surface area contributed by atoms with E-state index in [-0.39, 0.29) is 18.4 Å². The van der Waals surface area contributed by atoms with Crippen LogP contribution >= 0.6 is 0 Å². The fourth-order valence-electron chi connectivity index (χ4n) is 2.49. The Kier molecular flexibility index (Phi) is 4.93. The van der Waals surface area contributed by atoms with Crippen molar-refractivity contribution >= 4 is 28.5 Å². The Labute approximate surface area is 151 Å². The second-order valence-corrected chi connectivity index (χ2v) is 6.11. The fourth-order valence-corrected chi connectivity index (χ4v) is 2.49. The topological polar surface area (TPSA) is 71.8 Å². The number of para-hydroxylation sites is 1. The summed E-state index contributed by atoms with van der Waals surface area (Å²) < 4.78 is 11.1. The van der Waals surface area contributed by atoms with E-state index in [1.54, 1.807) is 38.4 Å². The van der Waals surface area contributed by atoms with E-state index in [0.717, 1.165) is 10.9 Å². The van der Waals surface area contributed by atoms with E-state index in [9.17, 15) is 9.59 Å². The molecule has 2 aromatic carbocycles. The Bertz CT molecular complexity index is 942. The van der Waals surface area contributed by atoms with Gasteiger partial charge in [-0.25, -0.2) is 0 Å². The SMILES string of the molecule is Cc1c(C(=O)Nc2ccc(OCC(=O)N(C)C)cc2)oc2ccccc12. The normalized spacial score (nSPS) is 10.6. The molecule has 0 aliphatic rings. The molecule has 6 nitrogen and oxygen atoms in total. The third-order valence-corrected chi connectivity index (χ3v) is 4.02. The van der Waals surface area contributed by atoms with Crippen molar-refractivity contribution in [2.24, 2.45) is 0 Å². The van der Waals surface area contributed by atoms with Gasteiger partial charge in [0, 0.05) is 30.7 Å². The number of hydrogen-bond donors (Lipinski definition) is 1. The lowest BCUT2D eigenvalue weighted by Gasteiger charge is -2.11. The number of anilines is 1. The smallest absolute Gasteiger partial charge is 0.291 e. The first kappa shape index (κ1) is 17.5. The van der Waals surface area contributed by atoms with Crippen LogP contribution in [0.3, 0.4) is 0 Å². The van der Waals surface area contributed by atoms with Crippen LogP contribution in [-0.4, -0.2) is 37.4 Å². The summed E-state index contributed by atoms with van der Waals surface area (Å²) in [5.41, 5.74) is 2.10. The summed E-state index contributed by atoms with van der Waals surface area (Å²) in [7, 11) is 3.34. The molecule has 0 atom stereocenters. The molecular weight excluding hydrogens is 332 g/mol. The number of ether oxygens (including phenoxy) is 1. The van der Waals surface area contributed by atoms with Gasteiger partial charge in [-0.3, -0.25) is 9.59 Å². The minimum atomic E-state index is -0.310. The standard InChI is InChI=1S/C20H20N2O4/c1-13-16-6-4-5-7-17(16)26-19(13)20(24)21-14-8-10-15(11-9-14)25-12-18(23)22(2)3/h4-11H,12H2,1-3H3,(H,21,24). The molecule has 0 unspecified atom stereocenters. The number of rotatable bonds is 5. The lowest BCUT2D eigenvalue weighted by Crippen LogP contribution is -2.27. The predicted octanol–water partition coefficient (Wildman–Crippen LogP) is 3.46. The first-order valence-corrected chi connectivity index (χ1v) is 8.18. The monoisotopic (exact) mass is 352 g/mol. The van der Waals surface area contributed by atoms with E-state index < -0.39 is 0 Å². The number of furan rings is 1. The van der Waals surface area contributed by atoms with Crippen LogP contribution in [0.1, 0.15) is 16.1 Å². The van der Waals surface area contributed by atoms with E-state index in [2.05, 4.69) is 5.32 Å². The molecule has 6 heteroatoms. The number of aryl methyl sites for hydroxylation is 1. The second-order valence-electron chi connectivity index (χ2n) is 6.11. The summed E-state index contributed by atoms with van der Waals surface area (Å²) in [4.78, 5) is 25.5. The molecule has 0 radical (unpaired) electrons. The van der Waals surface area contributed by atoms with Crippen molar-refractivity contribution in [2.75, 3.05) is 26.0 Å². The van der Waals surface area contributed by atoms with Gasteiger partial charge in [-0.2, -0.15) is 0 Å². The van der Waals surface area contributed by atoms with Crippen molar-refractivity contribution in [3.63, 3.8) is 0 Å². The molecule has 0 saturated carbocycles. The van der Waals surface area contributed by atoms with Gasteiger partial charge in [0.2, 0.25) is 0 Å². The Morgan fingerprint density at radius 3 is 2.42 bits per heavy atom. The van der Waals surface area contributed by atoms with Crippen LogP contribution < -0.4 is 10.1 Å². The third kappa shape index (κ3) is 3.69. The lowest BCUT2D eigenvalue weighted by molar-refractivity contribution is -0.130. The number of benzene rings is 2. The first-order valence-electron chi connectivity index (χ1n) is 8.18. The molecule has 1 N–H and O–H groups in total. The van der Waals surface area contributed by atoms with Crippen LogP contribution in [0.5, 0.6) is 5.75 Å². The fraction of sp³-hybridized carbons (Fsp3) is 0.200. The summed E-state index contributed by atoms with van der Waals surface area (Å²) in [5, 5.41) is 3.73. The van der Waals surface area contributed by atoms with Crippen LogP contribution in [-0.2, 0) is 4.79 Å². The van der Waals surface area contributed by atoms with E-state index in [1.807, 2.05) is 31.2 Å². The summed E-state index contributed by atoms with van der Waals surface area (Å²) in [6.45, 7) is 1.83. The highest BCUT2D eigenvalue weighted by Crippen LogP contribution is 2.26. The van der Waals surface area contributed by atoms with Crippen molar-refractivity contribution in [1.82, 2.24) is 4.90 Å². The van der Waals surface area contributed by atoms with Crippen LogP contribution in [0.2, 0.25) is 0 Å². The number of amides is 2. The minimum absolute atomic E-state index is 0.0309. The Balaban J connectivity index is 1.67. The summed E-state index contributed by atoms with van der Waals surface area (Å²) in [5.74, 6) is 0.416. The van der Waals surface area contributed by atoms with E-state index in [1.165, 1.54) is 4.90 Å². The highest BCUT2D eigenvalue weighted by atomic mass is 16.5. The van der Waals surface area contributed by atoms with Gasteiger partial charge in [0.25, 0.3) is 11.8 Å².